The Morgan fingerprint density at radius 3 is 2.56 bits per heavy atom. The first kappa shape index (κ1) is 18.0. The molecule has 0 saturated heterocycles. The van der Waals surface area contributed by atoms with Crippen LogP contribution < -0.4 is 0 Å². The van der Waals surface area contributed by atoms with Crippen molar-refractivity contribution >= 4 is 17.3 Å². The zero-order valence-corrected chi connectivity index (χ0v) is 16.2. The largest absolute Gasteiger partial charge is 0.611 e. The highest BCUT2D eigenvalue weighted by atomic mass is 32.2. The molecule has 0 N–H and O–H groups in total. The summed E-state index contributed by atoms with van der Waals surface area (Å²) in [5, 5.41) is 4.51. The highest BCUT2D eigenvalue weighted by molar-refractivity contribution is 7.91. The average Bonchev–Trinajstić information content (AvgIpc) is 3.05. The fourth-order valence-electron chi connectivity index (χ4n) is 3.52. The Hall–Kier alpha value is -2.37. The zero-order chi connectivity index (χ0) is 19.0. The van der Waals surface area contributed by atoms with Crippen LogP contribution in [0, 0.1) is 11.2 Å². The maximum atomic E-state index is 13.2. The summed E-state index contributed by atoms with van der Waals surface area (Å²) in [4.78, 5) is 0.860. The number of aromatic nitrogens is 2. The minimum atomic E-state index is -1.06. The van der Waals surface area contributed by atoms with E-state index in [-0.39, 0.29) is 11.2 Å². The van der Waals surface area contributed by atoms with Crippen LogP contribution in [0.4, 0.5) is 4.39 Å². The van der Waals surface area contributed by atoms with Gasteiger partial charge >= 0.3 is 0 Å². The van der Waals surface area contributed by atoms with Crippen molar-refractivity contribution in [3.63, 3.8) is 0 Å². The molecule has 2 atom stereocenters. The Bertz CT molecular complexity index is 981. The molecule has 1 unspecified atom stereocenters. The quantitative estimate of drug-likeness (QED) is 0.611. The van der Waals surface area contributed by atoms with Gasteiger partial charge in [-0.25, -0.2) is 9.07 Å². The first-order valence-electron chi connectivity index (χ1n) is 8.91. The molecular formula is C22H21FN2OS. The number of nitrogens with zero attached hydrogens (tertiary/aromatic N) is 2. The lowest BCUT2D eigenvalue weighted by Crippen LogP contribution is -2.33. The Kier molecular flexibility index (Phi) is 4.66. The van der Waals surface area contributed by atoms with E-state index in [0.29, 0.717) is 5.75 Å². The Balaban J connectivity index is 1.63. The summed E-state index contributed by atoms with van der Waals surface area (Å²) in [5.74, 6) is 0.308. The highest BCUT2D eigenvalue weighted by Crippen LogP contribution is 2.40. The van der Waals surface area contributed by atoms with Gasteiger partial charge in [-0.1, -0.05) is 30.7 Å². The van der Waals surface area contributed by atoms with Gasteiger partial charge < -0.3 is 4.55 Å². The number of allylic oxidation sites excluding steroid dienone is 1. The van der Waals surface area contributed by atoms with Gasteiger partial charge in [0.1, 0.15) is 11.6 Å². The number of fused-ring (bicyclic) bond motifs is 1. The maximum Gasteiger partial charge on any atom is 0.152 e. The van der Waals surface area contributed by atoms with Crippen molar-refractivity contribution in [1.82, 2.24) is 9.78 Å². The minimum absolute atomic E-state index is 0.190. The molecule has 0 aliphatic heterocycles. The van der Waals surface area contributed by atoms with Crippen molar-refractivity contribution in [2.75, 3.05) is 5.75 Å². The van der Waals surface area contributed by atoms with E-state index in [1.807, 2.05) is 41.2 Å². The molecule has 0 bridgehead atoms. The Labute approximate surface area is 161 Å². The molecular weight excluding hydrogens is 359 g/mol. The molecule has 1 heterocycles. The van der Waals surface area contributed by atoms with Gasteiger partial charge in [-0.2, -0.15) is 5.10 Å². The molecule has 0 saturated carbocycles. The van der Waals surface area contributed by atoms with Crippen molar-refractivity contribution in [3.05, 3.63) is 83.4 Å². The molecule has 1 aliphatic rings. The van der Waals surface area contributed by atoms with Crippen LogP contribution in [-0.2, 0) is 17.6 Å². The van der Waals surface area contributed by atoms with Gasteiger partial charge in [-0.05, 0) is 72.6 Å². The van der Waals surface area contributed by atoms with Crippen molar-refractivity contribution in [3.8, 4) is 5.69 Å². The third-order valence-electron chi connectivity index (χ3n) is 5.30. The van der Waals surface area contributed by atoms with E-state index in [2.05, 4.69) is 25.0 Å². The molecule has 4 rings (SSSR count). The van der Waals surface area contributed by atoms with E-state index in [1.54, 1.807) is 12.1 Å². The lowest BCUT2D eigenvalue weighted by Gasteiger charge is -2.33. The summed E-state index contributed by atoms with van der Waals surface area (Å²) < 4.78 is 27.9. The minimum Gasteiger partial charge on any atom is -0.611 e. The molecule has 5 heteroatoms. The van der Waals surface area contributed by atoms with Crippen molar-refractivity contribution in [2.45, 2.75) is 25.2 Å². The van der Waals surface area contributed by atoms with Crippen LogP contribution in [0.5, 0.6) is 0 Å². The topological polar surface area (TPSA) is 40.9 Å². The number of hydrogen-bond acceptors (Lipinski definition) is 2. The van der Waals surface area contributed by atoms with Crippen molar-refractivity contribution < 1.29 is 8.94 Å². The number of rotatable bonds is 4. The van der Waals surface area contributed by atoms with Crippen LogP contribution >= 0.6 is 0 Å². The average molecular weight is 380 g/mol. The van der Waals surface area contributed by atoms with Gasteiger partial charge in [-0.3, -0.25) is 0 Å². The second-order valence-electron chi connectivity index (χ2n) is 7.31. The first-order valence-corrected chi connectivity index (χ1v) is 10.2. The predicted octanol–water partition coefficient (Wildman–Crippen LogP) is 4.78. The summed E-state index contributed by atoms with van der Waals surface area (Å²) in [5.41, 5.74) is 3.96. The van der Waals surface area contributed by atoms with E-state index in [0.717, 1.165) is 28.3 Å². The monoisotopic (exact) mass is 380 g/mol. The summed E-state index contributed by atoms with van der Waals surface area (Å²) >= 11 is -1.06. The van der Waals surface area contributed by atoms with Crippen LogP contribution in [0.15, 0.2) is 71.3 Å². The number of halogens is 1. The van der Waals surface area contributed by atoms with Crippen LogP contribution in [0.1, 0.15) is 25.1 Å². The highest BCUT2D eigenvalue weighted by Gasteiger charge is 2.37. The maximum absolute atomic E-state index is 13.2. The Morgan fingerprint density at radius 1 is 1.15 bits per heavy atom. The second kappa shape index (κ2) is 6.98. The molecule has 2 aromatic carbocycles. The van der Waals surface area contributed by atoms with E-state index in [4.69, 9.17) is 0 Å². The van der Waals surface area contributed by atoms with Gasteiger partial charge in [0, 0.05) is 5.41 Å². The molecule has 138 valence electrons. The van der Waals surface area contributed by atoms with Crippen LogP contribution in [0.3, 0.4) is 0 Å². The van der Waals surface area contributed by atoms with Gasteiger partial charge in [0.15, 0.2) is 4.90 Å². The number of hydrogen-bond donors (Lipinski definition) is 0. The second-order valence-corrected chi connectivity index (χ2v) is 8.76. The predicted molar refractivity (Wildman–Crippen MR) is 107 cm³/mol. The van der Waals surface area contributed by atoms with Gasteiger partial charge in [0.2, 0.25) is 0 Å². The number of benzene rings is 2. The molecule has 0 spiro atoms. The molecule has 3 nitrogen and oxygen atoms in total. The molecule has 1 aromatic heterocycles. The lowest BCUT2D eigenvalue weighted by atomic mass is 9.75. The molecule has 3 aromatic rings. The normalized spacial score (nSPS) is 20.1. The first-order chi connectivity index (χ1) is 13.0. The Morgan fingerprint density at radius 2 is 1.85 bits per heavy atom. The SMILES string of the molecule is CC1=Cc2c(cnn2-c2ccc(F)cc2)C[C@]1(C)C[S+]([O-])c1ccccc1. The van der Waals surface area contributed by atoms with E-state index < -0.39 is 11.2 Å². The van der Waals surface area contributed by atoms with Crippen molar-refractivity contribution in [2.24, 2.45) is 5.41 Å². The van der Waals surface area contributed by atoms with Crippen LogP contribution in [-0.4, -0.2) is 20.1 Å². The van der Waals surface area contributed by atoms with Gasteiger partial charge in [-0.15, -0.1) is 0 Å². The molecule has 0 fully saturated rings. The molecule has 0 amide bonds. The summed E-state index contributed by atoms with van der Waals surface area (Å²) in [7, 11) is 0. The molecule has 1 aliphatic carbocycles. The lowest BCUT2D eigenvalue weighted by molar-refractivity contribution is 0.436. The van der Waals surface area contributed by atoms with E-state index in [9.17, 15) is 8.94 Å². The smallest absolute Gasteiger partial charge is 0.152 e. The summed E-state index contributed by atoms with van der Waals surface area (Å²) in [6.45, 7) is 4.25. The van der Waals surface area contributed by atoms with Crippen molar-refractivity contribution in [1.29, 1.82) is 0 Å². The van der Waals surface area contributed by atoms with Crippen LogP contribution in [0.25, 0.3) is 11.8 Å². The van der Waals surface area contributed by atoms with E-state index >= 15 is 0 Å². The van der Waals surface area contributed by atoms with Crippen LogP contribution in [0.2, 0.25) is 0 Å². The van der Waals surface area contributed by atoms with Gasteiger partial charge in [0.25, 0.3) is 0 Å². The molecule has 0 radical (unpaired) electrons. The summed E-state index contributed by atoms with van der Waals surface area (Å²) in [6.07, 6.45) is 4.77. The van der Waals surface area contributed by atoms with E-state index in [1.165, 1.54) is 17.7 Å². The molecule has 27 heavy (non-hydrogen) atoms. The third-order valence-corrected chi connectivity index (χ3v) is 7.00. The fourth-order valence-corrected chi connectivity index (χ4v) is 5.05. The third kappa shape index (κ3) is 3.45. The fraction of sp³-hybridized carbons (Fsp3) is 0.227. The summed E-state index contributed by atoms with van der Waals surface area (Å²) in [6, 6.07) is 15.9. The zero-order valence-electron chi connectivity index (χ0n) is 15.4. The van der Waals surface area contributed by atoms with Gasteiger partial charge in [0.05, 0.1) is 17.6 Å². The standard InChI is InChI=1S/C22H21FN2OS/c1-16-12-21-17(14-24-25(21)19-10-8-18(23)9-11-19)13-22(16,2)15-27(26)20-6-4-3-5-7-20/h3-12,14H,13,15H2,1-2H3/t22-,27?/m1/s1.